The van der Waals surface area contributed by atoms with Crippen LogP contribution in [0.2, 0.25) is 0 Å². The third-order valence-electron chi connectivity index (χ3n) is 4.12. The van der Waals surface area contributed by atoms with Crippen LogP contribution in [0.4, 0.5) is 0 Å². The van der Waals surface area contributed by atoms with Gasteiger partial charge in [0.25, 0.3) is 0 Å². The van der Waals surface area contributed by atoms with Gasteiger partial charge in [-0.1, -0.05) is 37.3 Å². The monoisotopic (exact) mass is 370 g/mol. The first-order valence-corrected chi connectivity index (χ1v) is 9.09. The largest absolute Gasteiger partial charge is 0.494 e. The first-order valence-electron chi connectivity index (χ1n) is 9.09. The van der Waals surface area contributed by atoms with Gasteiger partial charge in [-0.25, -0.2) is 4.79 Å². The standard InChI is InChI=1S/C22H26O5/c1-2-21(23)27-16-6-4-3-5-15-26-20-13-11-18(12-14-20)17-7-9-19(10-8-17)22(24)25/h2,7-14,21,23H,1,3-6,15-16H2,(H,24,25). The second kappa shape index (κ2) is 11.2. The van der Waals surface area contributed by atoms with Crippen LogP contribution in [0.1, 0.15) is 36.0 Å². The van der Waals surface area contributed by atoms with Crippen LogP contribution in [0.15, 0.2) is 61.2 Å². The van der Waals surface area contributed by atoms with Crippen LogP contribution in [-0.4, -0.2) is 35.7 Å². The van der Waals surface area contributed by atoms with Crippen molar-refractivity contribution in [3.8, 4) is 16.9 Å². The first-order chi connectivity index (χ1) is 13.1. The number of ether oxygens (including phenoxy) is 2. The van der Waals surface area contributed by atoms with Crippen molar-refractivity contribution in [2.24, 2.45) is 0 Å². The van der Waals surface area contributed by atoms with Gasteiger partial charge >= 0.3 is 5.97 Å². The minimum Gasteiger partial charge on any atom is -0.494 e. The van der Waals surface area contributed by atoms with E-state index < -0.39 is 12.3 Å². The lowest BCUT2D eigenvalue weighted by atomic mass is 10.0. The van der Waals surface area contributed by atoms with Crippen molar-refractivity contribution < 1.29 is 24.5 Å². The van der Waals surface area contributed by atoms with E-state index in [9.17, 15) is 4.79 Å². The number of aromatic carboxylic acids is 1. The van der Waals surface area contributed by atoms with Gasteiger partial charge in [0.15, 0.2) is 6.29 Å². The molecule has 0 aromatic heterocycles. The minimum atomic E-state index is -0.924. The minimum absolute atomic E-state index is 0.280. The molecule has 2 N–H and O–H groups in total. The molecule has 0 fully saturated rings. The summed E-state index contributed by atoms with van der Waals surface area (Å²) in [6.45, 7) is 4.63. The number of unbranched alkanes of at least 4 members (excludes halogenated alkanes) is 3. The fraction of sp³-hybridized carbons (Fsp3) is 0.318. The van der Waals surface area contributed by atoms with E-state index in [1.54, 1.807) is 24.3 Å². The summed E-state index contributed by atoms with van der Waals surface area (Å²) in [5.74, 6) is -0.106. The molecular formula is C22H26O5. The highest BCUT2D eigenvalue weighted by molar-refractivity contribution is 5.88. The van der Waals surface area contributed by atoms with Gasteiger partial charge < -0.3 is 19.7 Å². The molecule has 0 aliphatic heterocycles. The lowest BCUT2D eigenvalue weighted by Crippen LogP contribution is -2.08. The molecule has 2 rings (SSSR count). The van der Waals surface area contributed by atoms with E-state index in [1.807, 2.05) is 24.3 Å². The molecule has 2 aromatic rings. The average molecular weight is 370 g/mol. The van der Waals surface area contributed by atoms with Crippen molar-refractivity contribution in [2.75, 3.05) is 13.2 Å². The number of hydrogen-bond donors (Lipinski definition) is 2. The van der Waals surface area contributed by atoms with E-state index in [0.717, 1.165) is 42.6 Å². The lowest BCUT2D eigenvalue weighted by molar-refractivity contribution is -0.0649. The predicted molar refractivity (Wildman–Crippen MR) is 105 cm³/mol. The molecule has 0 aliphatic carbocycles. The van der Waals surface area contributed by atoms with Crippen LogP contribution in [0.3, 0.4) is 0 Å². The van der Waals surface area contributed by atoms with Gasteiger partial charge in [0.1, 0.15) is 5.75 Å². The van der Waals surface area contributed by atoms with E-state index in [2.05, 4.69) is 6.58 Å². The Kier molecular flexibility index (Phi) is 8.55. The normalized spacial score (nSPS) is 11.7. The van der Waals surface area contributed by atoms with E-state index in [-0.39, 0.29) is 5.56 Å². The number of rotatable bonds is 12. The lowest BCUT2D eigenvalue weighted by Gasteiger charge is -2.09. The molecule has 0 radical (unpaired) electrons. The Hall–Kier alpha value is -2.63. The number of benzene rings is 2. The first kappa shape index (κ1) is 20.7. The van der Waals surface area contributed by atoms with Crippen molar-refractivity contribution in [1.29, 1.82) is 0 Å². The fourth-order valence-electron chi connectivity index (χ4n) is 2.57. The van der Waals surface area contributed by atoms with Gasteiger partial charge in [0.05, 0.1) is 18.8 Å². The average Bonchev–Trinajstić information content (AvgIpc) is 2.70. The van der Waals surface area contributed by atoms with Crippen LogP contribution < -0.4 is 4.74 Å². The molecule has 1 unspecified atom stereocenters. The molecule has 0 aliphatic rings. The summed E-state index contributed by atoms with van der Waals surface area (Å²) in [7, 11) is 0. The molecule has 27 heavy (non-hydrogen) atoms. The molecule has 0 heterocycles. The summed E-state index contributed by atoms with van der Waals surface area (Å²) >= 11 is 0. The Morgan fingerprint density at radius 1 is 0.926 bits per heavy atom. The highest BCUT2D eigenvalue weighted by atomic mass is 16.6. The molecule has 144 valence electrons. The van der Waals surface area contributed by atoms with Crippen molar-refractivity contribution in [3.05, 3.63) is 66.7 Å². The summed E-state index contributed by atoms with van der Waals surface area (Å²) in [6, 6.07) is 14.6. The number of aliphatic hydroxyl groups excluding tert-OH is 1. The van der Waals surface area contributed by atoms with E-state index >= 15 is 0 Å². The van der Waals surface area contributed by atoms with Crippen LogP contribution in [0.5, 0.6) is 5.75 Å². The van der Waals surface area contributed by atoms with Crippen molar-refractivity contribution >= 4 is 5.97 Å². The highest BCUT2D eigenvalue weighted by Crippen LogP contribution is 2.23. The van der Waals surface area contributed by atoms with Gasteiger partial charge in [-0.2, -0.15) is 0 Å². The predicted octanol–water partition coefficient (Wildman–Crippen LogP) is 4.51. The second-order valence-corrected chi connectivity index (χ2v) is 6.17. The van der Waals surface area contributed by atoms with Gasteiger partial charge in [0, 0.05) is 0 Å². The van der Waals surface area contributed by atoms with Crippen molar-refractivity contribution in [3.63, 3.8) is 0 Å². The Labute approximate surface area is 159 Å². The molecule has 5 nitrogen and oxygen atoms in total. The third-order valence-corrected chi connectivity index (χ3v) is 4.12. The topological polar surface area (TPSA) is 76.0 Å². The van der Waals surface area contributed by atoms with E-state index in [1.165, 1.54) is 6.08 Å². The number of hydrogen-bond acceptors (Lipinski definition) is 4. The van der Waals surface area contributed by atoms with E-state index in [0.29, 0.717) is 13.2 Å². The number of carbonyl (C=O) groups is 1. The quantitative estimate of drug-likeness (QED) is 0.327. The molecule has 0 saturated carbocycles. The molecule has 0 bridgehead atoms. The molecule has 0 spiro atoms. The fourth-order valence-corrected chi connectivity index (χ4v) is 2.57. The summed E-state index contributed by atoms with van der Waals surface area (Å²) in [5.41, 5.74) is 2.26. The molecule has 0 saturated heterocycles. The Bertz CT molecular complexity index is 706. The van der Waals surface area contributed by atoms with Gasteiger partial charge in [0.2, 0.25) is 0 Å². The highest BCUT2D eigenvalue weighted by Gasteiger charge is 2.04. The molecule has 5 heteroatoms. The zero-order valence-electron chi connectivity index (χ0n) is 15.3. The molecule has 2 aromatic carbocycles. The third kappa shape index (κ3) is 7.25. The Balaban J connectivity index is 1.67. The van der Waals surface area contributed by atoms with Gasteiger partial charge in [-0.15, -0.1) is 0 Å². The SMILES string of the molecule is C=CC(O)OCCCCCCOc1ccc(-c2ccc(C(=O)O)cc2)cc1. The van der Waals surface area contributed by atoms with Crippen LogP contribution >= 0.6 is 0 Å². The second-order valence-electron chi connectivity index (χ2n) is 6.17. The maximum atomic E-state index is 10.9. The van der Waals surface area contributed by atoms with E-state index in [4.69, 9.17) is 19.7 Å². The van der Waals surface area contributed by atoms with Gasteiger partial charge in [-0.05, 0) is 60.7 Å². The van der Waals surface area contributed by atoms with Gasteiger partial charge in [-0.3, -0.25) is 0 Å². The molecular weight excluding hydrogens is 344 g/mol. The van der Waals surface area contributed by atoms with Crippen LogP contribution in [0.25, 0.3) is 11.1 Å². The van der Waals surface area contributed by atoms with Crippen LogP contribution in [0, 0.1) is 0 Å². The molecule has 1 atom stereocenters. The molecule has 0 amide bonds. The summed E-state index contributed by atoms with van der Waals surface area (Å²) in [6.07, 6.45) is 4.43. The maximum Gasteiger partial charge on any atom is 0.335 e. The van der Waals surface area contributed by atoms with Crippen LogP contribution in [-0.2, 0) is 4.74 Å². The zero-order valence-corrected chi connectivity index (χ0v) is 15.3. The Morgan fingerprint density at radius 2 is 1.48 bits per heavy atom. The maximum absolute atomic E-state index is 10.9. The number of aliphatic hydroxyl groups is 1. The summed E-state index contributed by atoms with van der Waals surface area (Å²) < 4.78 is 10.9. The Morgan fingerprint density at radius 3 is 2.04 bits per heavy atom. The summed E-state index contributed by atoms with van der Waals surface area (Å²) in [4.78, 5) is 10.9. The van der Waals surface area contributed by atoms with Crippen molar-refractivity contribution in [2.45, 2.75) is 32.0 Å². The number of carboxylic acids is 1. The summed E-state index contributed by atoms with van der Waals surface area (Å²) in [5, 5.41) is 18.1. The number of carboxylic acid groups (broad SMARTS) is 1. The van der Waals surface area contributed by atoms with Crippen molar-refractivity contribution in [1.82, 2.24) is 0 Å². The smallest absolute Gasteiger partial charge is 0.335 e. The zero-order chi connectivity index (χ0) is 19.5.